The SMILES string of the molecule is COC(=O)c1cc(NC(C)Cc2ccsc2)ccc1N. The van der Waals surface area contributed by atoms with E-state index >= 15 is 0 Å². The van der Waals surface area contributed by atoms with Crippen LogP contribution in [0.3, 0.4) is 0 Å². The lowest BCUT2D eigenvalue weighted by molar-refractivity contribution is 0.0602. The van der Waals surface area contributed by atoms with Crippen molar-refractivity contribution in [3.05, 3.63) is 46.2 Å². The fraction of sp³-hybridized carbons (Fsp3) is 0.267. The minimum Gasteiger partial charge on any atom is -0.465 e. The summed E-state index contributed by atoms with van der Waals surface area (Å²) in [6.07, 6.45) is 0.932. The van der Waals surface area contributed by atoms with Gasteiger partial charge in [-0.05, 0) is 53.9 Å². The third-order valence-electron chi connectivity index (χ3n) is 2.99. The van der Waals surface area contributed by atoms with Crippen molar-refractivity contribution in [1.82, 2.24) is 0 Å². The zero-order valence-corrected chi connectivity index (χ0v) is 12.4. The Morgan fingerprint density at radius 3 is 2.90 bits per heavy atom. The molecule has 0 bridgehead atoms. The molecule has 0 radical (unpaired) electrons. The van der Waals surface area contributed by atoms with Crippen LogP contribution in [0.2, 0.25) is 0 Å². The molecule has 1 unspecified atom stereocenters. The maximum Gasteiger partial charge on any atom is 0.340 e. The van der Waals surface area contributed by atoms with Crippen LogP contribution in [-0.2, 0) is 11.2 Å². The number of nitrogens with two attached hydrogens (primary N) is 1. The van der Waals surface area contributed by atoms with Crippen molar-refractivity contribution in [2.75, 3.05) is 18.2 Å². The van der Waals surface area contributed by atoms with Crippen LogP contribution in [0.4, 0.5) is 11.4 Å². The van der Waals surface area contributed by atoms with E-state index < -0.39 is 5.97 Å². The second-order valence-corrected chi connectivity index (χ2v) is 5.45. The van der Waals surface area contributed by atoms with Crippen molar-refractivity contribution >= 4 is 28.7 Å². The molecule has 2 rings (SSSR count). The molecule has 1 heterocycles. The Hall–Kier alpha value is -2.01. The Morgan fingerprint density at radius 1 is 1.45 bits per heavy atom. The zero-order valence-electron chi connectivity index (χ0n) is 11.6. The van der Waals surface area contributed by atoms with Crippen molar-refractivity contribution in [1.29, 1.82) is 0 Å². The molecule has 4 nitrogen and oxygen atoms in total. The molecule has 20 heavy (non-hydrogen) atoms. The maximum absolute atomic E-state index is 11.6. The number of carbonyl (C=O) groups excluding carboxylic acids is 1. The number of carbonyl (C=O) groups is 1. The summed E-state index contributed by atoms with van der Waals surface area (Å²) in [5, 5.41) is 7.58. The van der Waals surface area contributed by atoms with Gasteiger partial charge >= 0.3 is 5.97 Å². The first-order chi connectivity index (χ1) is 9.60. The number of benzene rings is 1. The van der Waals surface area contributed by atoms with Crippen molar-refractivity contribution in [3.63, 3.8) is 0 Å². The highest BCUT2D eigenvalue weighted by Crippen LogP contribution is 2.20. The van der Waals surface area contributed by atoms with Gasteiger partial charge in [-0.15, -0.1) is 0 Å². The Balaban J connectivity index is 2.07. The second-order valence-electron chi connectivity index (χ2n) is 4.67. The highest BCUT2D eigenvalue weighted by atomic mass is 32.1. The molecule has 0 fully saturated rings. The summed E-state index contributed by atoms with van der Waals surface area (Å²) in [5.41, 5.74) is 8.76. The first-order valence-corrected chi connectivity index (χ1v) is 7.30. The van der Waals surface area contributed by atoms with Crippen LogP contribution in [0, 0.1) is 0 Å². The van der Waals surface area contributed by atoms with Gasteiger partial charge in [0.15, 0.2) is 0 Å². The predicted octanol–water partition coefficient (Wildman–Crippen LogP) is 3.16. The quantitative estimate of drug-likeness (QED) is 0.656. The van der Waals surface area contributed by atoms with E-state index in [1.165, 1.54) is 12.7 Å². The summed E-state index contributed by atoms with van der Waals surface area (Å²) in [4.78, 5) is 11.6. The molecule has 0 aliphatic rings. The molecular weight excluding hydrogens is 272 g/mol. The number of anilines is 2. The summed E-state index contributed by atoms with van der Waals surface area (Å²) >= 11 is 1.69. The summed E-state index contributed by atoms with van der Waals surface area (Å²) < 4.78 is 4.72. The molecular formula is C15H18N2O2S. The van der Waals surface area contributed by atoms with Gasteiger partial charge in [0, 0.05) is 17.4 Å². The molecule has 0 spiro atoms. The van der Waals surface area contributed by atoms with E-state index in [0.29, 0.717) is 11.3 Å². The summed E-state index contributed by atoms with van der Waals surface area (Å²) in [5.74, 6) is -0.420. The van der Waals surface area contributed by atoms with Gasteiger partial charge in [0.25, 0.3) is 0 Å². The van der Waals surface area contributed by atoms with Gasteiger partial charge in [-0.2, -0.15) is 11.3 Å². The van der Waals surface area contributed by atoms with E-state index in [1.54, 1.807) is 23.5 Å². The van der Waals surface area contributed by atoms with E-state index in [4.69, 9.17) is 10.5 Å². The van der Waals surface area contributed by atoms with E-state index in [1.807, 2.05) is 6.07 Å². The predicted molar refractivity (Wildman–Crippen MR) is 83.3 cm³/mol. The molecule has 106 valence electrons. The topological polar surface area (TPSA) is 64.3 Å². The minimum atomic E-state index is -0.420. The molecule has 5 heteroatoms. The number of methoxy groups -OCH3 is 1. The number of hydrogen-bond donors (Lipinski definition) is 2. The lowest BCUT2D eigenvalue weighted by Crippen LogP contribution is -2.18. The van der Waals surface area contributed by atoms with Gasteiger partial charge in [-0.3, -0.25) is 0 Å². The van der Waals surface area contributed by atoms with Crippen LogP contribution in [-0.4, -0.2) is 19.1 Å². The third-order valence-corrected chi connectivity index (χ3v) is 3.73. The minimum absolute atomic E-state index is 0.263. The number of rotatable bonds is 5. The van der Waals surface area contributed by atoms with E-state index in [0.717, 1.165) is 12.1 Å². The molecule has 1 atom stereocenters. The molecule has 3 N–H and O–H groups in total. The standard InChI is InChI=1S/C15H18N2O2S/c1-10(7-11-5-6-20-9-11)17-12-3-4-14(16)13(8-12)15(18)19-2/h3-6,8-10,17H,7,16H2,1-2H3. The number of ether oxygens (including phenoxy) is 1. The van der Waals surface area contributed by atoms with Crippen LogP contribution >= 0.6 is 11.3 Å². The van der Waals surface area contributed by atoms with E-state index in [-0.39, 0.29) is 6.04 Å². The van der Waals surface area contributed by atoms with Crippen molar-refractivity contribution in [2.24, 2.45) is 0 Å². The fourth-order valence-corrected chi connectivity index (χ4v) is 2.71. The molecule has 0 aliphatic heterocycles. The Morgan fingerprint density at radius 2 is 2.25 bits per heavy atom. The number of nitrogens with one attached hydrogen (secondary N) is 1. The fourth-order valence-electron chi connectivity index (χ4n) is 2.03. The monoisotopic (exact) mass is 290 g/mol. The number of nitrogen functional groups attached to an aromatic ring is 1. The average Bonchev–Trinajstić information content (AvgIpc) is 2.92. The Labute approximate surface area is 122 Å². The Kier molecular flexibility index (Phi) is 4.63. The zero-order chi connectivity index (χ0) is 14.5. The maximum atomic E-state index is 11.6. The van der Waals surface area contributed by atoms with Crippen LogP contribution < -0.4 is 11.1 Å². The highest BCUT2D eigenvalue weighted by molar-refractivity contribution is 7.07. The molecule has 0 amide bonds. The van der Waals surface area contributed by atoms with Crippen molar-refractivity contribution < 1.29 is 9.53 Å². The van der Waals surface area contributed by atoms with Crippen molar-refractivity contribution in [3.8, 4) is 0 Å². The number of thiophene rings is 1. The van der Waals surface area contributed by atoms with E-state index in [2.05, 4.69) is 29.1 Å². The smallest absolute Gasteiger partial charge is 0.340 e. The largest absolute Gasteiger partial charge is 0.465 e. The lowest BCUT2D eigenvalue weighted by atomic mass is 10.1. The molecule has 1 aromatic heterocycles. The average molecular weight is 290 g/mol. The van der Waals surface area contributed by atoms with Gasteiger partial charge in [-0.1, -0.05) is 0 Å². The van der Waals surface area contributed by atoms with Gasteiger partial charge in [-0.25, -0.2) is 4.79 Å². The van der Waals surface area contributed by atoms with Crippen LogP contribution in [0.1, 0.15) is 22.8 Å². The van der Waals surface area contributed by atoms with Gasteiger partial charge in [0.2, 0.25) is 0 Å². The van der Waals surface area contributed by atoms with Gasteiger partial charge < -0.3 is 15.8 Å². The summed E-state index contributed by atoms with van der Waals surface area (Å²) in [7, 11) is 1.35. The first kappa shape index (κ1) is 14.4. The molecule has 0 aliphatic carbocycles. The van der Waals surface area contributed by atoms with Gasteiger partial charge in [0.05, 0.1) is 12.7 Å². The van der Waals surface area contributed by atoms with Crippen LogP contribution in [0.15, 0.2) is 35.0 Å². The molecule has 2 aromatic rings. The van der Waals surface area contributed by atoms with Crippen LogP contribution in [0.25, 0.3) is 0 Å². The summed E-state index contributed by atoms with van der Waals surface area (Å²) in [6, 6.07) is 7.69. The highest BCUT2D eigenvalue weighted by Gasteiger charge is 2.12. The van der Waals surface area contributed by atoms with E-state index in [9.17, 15) is 4.79 Å². The third kappa shape index (κ3) is 3.51. The lowest BCUT2D eigenvalue weighted by Gasteiger charge is -2.16. The molecule has 0 saturated heterocycles. The first-order valence-electron chi connectivity index (χ1n) is 6.35. The number of esters is 1. The Bertz CT molecular complexity index is 582. The summed E-state index contributed by atoms with van der Waals surface area (Å²) in [6.45, 7) is 2.10. The van der Waals surface area contributed by atoms with Crippen LogP contribution in [0.5, 0.6) is 0 Å². The number of hydrogen-bond acceptors (Lipinski definition) is 5. The molecule has 0 saturated carbocycles. The van der Waals surface area contributed by atoms with Crippen molar-refractivity contribution in [2.45, 2.75) is 19.4 Å². The second kappa shape index (κ2) is 6.43. The molecule has 1 aromatic carbocycles. The normalized spacial score (nSPS) is 11.9. The van der Waals surface area contributed by atoms with Gasteiger partial charge in [0.1, 0.15) is 0 Å².